The van der Waals surface area contributed by atoms with E-state index in [1.165, 1.54) is 0 Å². The van der Waals surface area contributed by atoms with E-state index in [-0.39, 0.29) is 6.01 Å². The highest BCUT2D eigenvalue weighted by molar-refractivity contribution is 5.86. The van der Waals surface area contributed by atoms with Crippen LogP contribution in [0.5, 0.6) is 0 Å². The van der Waals surface area contributed by atoms with E-state index in [2.05, 4.69) is 16.5 Å². The third-order valence-electron chi connectivity index (χ3n) is 4.19. The van der Waals surface area contributed by atoms with E-state index in [1.807, 2.05) is 75.4 Å². The van der Waals surface area contributed by atoms with Gasteiger partial charge in [0, 0.05) is 25.9 Å². The monoisotopic (exact) mass is 387 g/mol. The molecule has 4 rings (SSSR count). The summed E-state index contributed by atoms with van der Waals surface area (Å²) in [6.07, 6.45) is 5.52. The van der Waals surface area contributed by atoms with Gasteiger partial charge in [0.25, 0.3) is 6.01 Å². The topological polar surface area (TPSA) is 81.1 Å². The number of aromatic nitrogens is 3. The summed E-state index contributed by atoms with van der Waals surface area (Å²) in [5.74, 6) is 0. The van der Waals surface area contributed by atoms with Crippen molar-refractivity contribution >= 4 is 33.7 Å². The molecule has 0 aliphatic rings. The molecule has 0 unspecified atom stereocenters. The molecule has 6 heteroatoms. The summed E-state index contributed by atoms with van der Waals surface area (Å²) >= 11 is 0. The number of rotatable bonds is 4. The molecule has 0 spiro atoms. The molecule has 0 bridgehead atoms. The van der Waals surface area contributed by atoms with Gasteiger partial charge in [0.1, 0.15) is 5.52 Å². The number of hydrogen-bond acceptors (Lipinski definition) is 6. The zero-order chi connectivity index (χ0) is 21.0. The van der Waals surface area contributed by atoms with Gasteiger partial charge in [-0.05, 0) is 35.4 Å². The van der Waals surface area contributed by atoms with Crippen LogP contribution >= 0.6 is 0 Å². The number of allylic oxidation sites excluding steroid dienone is 2. The Hall–Kier alpha value is -3.67. The van der Waals surface area contributed by atoms with Crippen LogP contribution in [-0.4, -0.2) is 33.9 Å². The van der Waals surface area contributed by atoms with E-state index >= 15 is 0 Å². The standard InChI is InChI=1S/C21H19N5O.C2H6/c1-4-13(12-26(2)3)19-11-23-16-7-5-14(9-17(16)24-19)15-6-8-20-18(10-15)25-21(22)27-20;1-2/h4-12H,1H2,2-3H3,(H2,22,25);1-2H3/b13-12+;. The maximum absolute atomic E-state index is 5.63. The van der Waals surface area contributed by atoms with E-state index in [9.17, 15) is 0 Å². The van der Waals surface area contributed by atoms with E-state index in [0.717, 1.165) is 38.9 Å². The Kier molecular flexibility index (Phi) is 5.93. The fourth-order valence-corrected chi connectivity index (χ4v) is 2.96. The molecule has 0 saturated carbocycles. The second-order valence-electron chi connectivity index (χ2n) is 6.45. The molecule has 0 aliphatic heterocycles. The van der Waals surface area contributed by atoms with Gasteiger partial charge in [0.2, 0.25) is 0 Å². The highest BCUT2D eigenvalue weighted by Gasteiger charge is 2.08. The van der Waals surface area contributed by atoms with Crippen LogP contribution in [0.3, 0.4) is 0 Å². The molecule has 148 valence electrons. The lowest BCUT2D eigenvalue weighted by Gasteiger charge is -2.09. The van der Waals surface area contributed by atoms with Gasteiger partial charge in [-0.2, -0.15) is 4.98 Å². The Morgan fingerprint density at radius 2 is 1.69 bits per heavy atom. The fraction of sp³-hybridized carbons (Fsp3) is 0.174. The van der Waals surface area contributed by atoms with Gasteiger partial charge in [-0.15, -0.1) is 0 Å². The summed E-state index contributed by atoms with van der Waals surface area (Å²) in [5.41, 5.74) is 12.4. The molecule has 0 amide bonds. The molecule has 0 fully saturated rings. The summed E-state index contributed by atoms with van der Waals surface area (Å²) in [7, 11) is 3.92. The summed E-state index contributed by atoms with van der Waals surface area (Å²) in [6.45, 7) is 7.88. The fourth-order valence-electron chi connectivity index (χ4n) is 2.96. The highest BCUT2D eigenvalue weighted by Crippen LogP contribution is 2.27. The van der Waals surface area contributed by atoms with E-state index in [0.29, 0.717) is 5.58 Å². The van der Waals surface area contributed by atoms with Crippen molar-refractivity contribution in [3.05, 3.63) is 67.1 Å². The van der Waals surface area contributed by atoms with Gasteiger partial charge in [-0.3, -0.25) is 4.98 Å². The molecular formula is C23H25N5O. The Labute approximate surface area is 170 Å². The van der Waals surface area contributed by atoms with Crippen LogP contribution in [0.25, 0.3) is 38.8 Å². The van der Waals surface area contributed by atoms with Crippen LogP contribution in [0.1, 0.15) is 19.5 Å². The first-order chi connectivity index (χ1) is 14.0. The molecule has 0 aliphatic carbocycles. The Bertz CT molecular complexity index is 1190. The van der Waals surface area contributed by atoms with Gasteiger partial charge < -0.3 is 15.1 Å². The molecule has 0 atom stereocenters. The van der Waals surface area contributed by atoms with E-state index in [4.69, 9.17) is 15.1 Å². The van der Waals surface area contributed by atoms with Gasteiger partial charge in [-0.1, -0.05) is 38.6 Å². The van der Waals surface area contributed by atoms with Crippen LogP contribution in [-0.2, 0) is 0 Å². The van der Waals surface area contributed by atoms with Crippen LogP contribution < -0.4 is 5.73 Å². The van der Waals surface area contributed by atoms with Crippen molar-refractivity contribution in [1.82, 2.24) is 19.9 Å². The normalized spacial score (nSPS) is 11.2. The quantitative estimate of drug-likeness (QED) is 0.489. The van der Waals surface area contributed by atoms with Crippen molar-refractivity contribution in [1.29, 1.82) is 0 Å². The van der Waals surface area contributed by atoms with Crippen LogP contribution in [0.4, 0.5) is 6.01 Å². The number of nitrogens with zero attached hydrogens (tertiary/aromatic N) is 4. The minimum atomic E-state index is 0.167. The number of nitrogen functional groups attached to an aromatic ring is 1. The van der Waals surface area contributed by atoms with Crippen molar-refractivity contribution < 1.29 is 4.42 Å². The Morgan fingerprint density at radius 3 is 2.38 bits per heavy atom. The first-order valence-corrected chi connectivity index (χ1v) is 9.48. The zero-order valence-corrected chi connectivity index (χ0v) is 17.2. The van der Waals surface area contributed by atoms with Crippen LogP contribution in [0.15, 0.2) is 65.9 Å². The summed E-state index contributed by atoms with van der Waals surface area (Å²) in [6, 6.07) is 12.0. The number of hydrogen-bond donors (Lipinski definition) is 1. The van der Waals surface area contributed by atoms with E-state index < -0.39 is 0 Å². The van der Waals surface area contributed by atoms with Crippen molar-refractivity contribution in [3.8, 4) is 11.1 Å². The van der Waals surface area contributed by atoms with Crippen LogP contribution in [0.2, 0.25) is 0 Å². The van der Waals surface area contributed by atoms with Crippen molar-refractivity contribution in [3.63, 3.8) is 0 Å². The van der Waals surface area contributed by atoms with Crippen molar-refractivity contribution in [2.45, 2.75) is 13.8 Å². The lowest BCUT2D eigenvalue weighted by atomic mass is 10.0. The molecule has 0 radical (unpaired) electrons. The largest absolute Gasteiger partial charge is 0.424 e. The number of oxazole rings is 1. The SMILES string of the molecule is C=C/C(=C\N(C)C)c1cnc2ccc(-c3ccc4oc(N)nc4c3)cc2n1.CC. The zero-order valence-electron chi connectivity index (χ0n) is 17.2. The molecule has 0 saturated heterocycles. The molecule has 6 nitrogen and oxygen atoms in total. The third-order valence-corrected chi connectivity index (χ3v) is 4.19. The second kappa shape index (κ2) is 8.56. The second-order valence-corrected chi connectivity index (χ2v) is 6.45. The highest BCUT2D eigenvalue weighted by atomic mass is 16.4. The average Bonchev–Trinajstić information content (AvgIpc) is 3.11. The summed E-state index contributed by atoms with van der Waals surface area (Å²) in [4.78, 5) is 15.5. The lowest BCUT2D eigenvalue weighted by molar-refractivity contribution is 0.566. The van der Waals surface area contributed by atoms with Crippen molar-refractivity contribution in [2.24, 2.45) is 0 Å². The minimum absolute atomic E-state index is 0.167. The van der Waals surface area contributed by atoms with Gasteiger partial charge in [0.05, 0.1) is 22.9 Å². The Morgan fingerprint density at radius 1 is 1.00 bits per heavy atom. The summed E-state index contributed by atoms with van der Waals surface area (Å²) < 4.78 is 5.34. The molecular weight excluding hydrogens is 362 g/mol. The van der Waals surface area contributed by atoms with Crippen molar-refractivity contribution in [2.75, 3.05) is 19.8 Å². The van der Waals surface area contributed by atoms with Crippen LogP contribution in [0, 0.1) is 0 Å². The predicted octanol–water partition coefficient (Wildman–Crippen LogP) is 5.13. The molecule has 4 aromatic rings. The number of anilines is 1. The number of fused-ring (bicyclic) bond motifs is 2. The summed E-state index contributed by atoms with van der Waals surface area (Å²) in [5, 5.41) is 0. The molecule has 2 aromatic heterocycles. The maximum atomic E-state index is 5.63. The number of nitrogens with two attached hydrogens (primary N) is 1. The smallest absolute Gasteiger partial charge is 0.292 e. The van der Waals surface area contributed by atoms with Gasteiger partial charge in [0.15, 0.2) is 5.58 Å². The van der Waals surface area contributed by atoms with E-state index in [1.54, 1.807) is 12.3 Å². The minimum Gasteiger partial charge on any atom is -0.424 e. The van der Waals surface area contributed by atoms with Gasteiger partial charge >= 0.3 is 0 Å². The molecule has 2 aromatic carbocycles. The Balaban J connectivity index is 0.00000117. The first-order valence-electron chi connectivity index (χ1n) is 9.48. The predicted molar refractivity (Wildman–Crippen MR) is 120 cm³/mol. The molecule has 2 N–H and O–H groups in total. The molecule has 2 heterocycles. The molecule has 29 heavy (non-hydrogen) atoms. The first kappa shape index (κ1) is 20.1. The third kappa shape index (κ3) is 4.27. The lowest BCUT2D eigenvalue weighted by Crippen LogP contribution is -2.03. The maximum Gasteiger partial charge on any atom is 0.292 e. The van der Waals surface area contributed by atoms with Gasteiger partial charge in [-0.25, -0.2) is 4.98 Å². The average molecular weight is 387 g/mol. The number of benzene rings is 2.